The fourth-order valence-electron chi connectivity index (χ4n) is 11.2. The van der Waals surface area contributed by atoms with Crippen LogP contribution in [-0.2, 0) is 5.41 Å². The van der Waals surface area contributed by atoms with Gasteiger partial charge in [-0.3, -0.25) is 0 Å². The van der Waals surface area contributed by atoms with Gasteiger partial charge in [-0.25, -0.2) is 0 Å². The zero-order valence-corrected chi connectivity index (χ0v) is 34.5. The molecule has 0 amide bonds. The number of nitrogens with zero attached hydrogens (tertiary/aromatic N) is 2. The van der Waals surface area contributed by atoms with Crippen LogP contribution in [0, 0.1) is 0 Å². The first-order chi connectivity index (χ1) is 31.3. The van der Waals surface area contributed by atoms with Crippen molar-refractivity contribution in [1.29, 1.82) is 0 Å². The molecule has 0 saturated heterocycles. The van der Waals surface area contributed by atoms with E-state index in [1.54, 1.807) is 0 Å². The summed E-state index contributed by atoms with van der Waals surface area (Å²) in [4.78, 5) is 4.84. The highest BCUT2D eigenvalue weighted by Crippen LogP contribution is 2.66. The molecule has 1 unspecified atom stereocenters. The zero-order chi connectivity index (χ0) is 41.5. The van der Waals surface area contributed by atoms with Crippen LogP contribution in [0.4, 0.5) is 34.1 Å². The smallest absolute Gasteiger partial charge is 0.0732 e. The van der Waals surface area contributed by atoms with Crippen molar-refractivity contribution in [3.8, 4) is 22.3 Å². The third-order valence-electron chi connectivity index (χ3n) is 13.6. The van der Waals surface area contributed by atoms with E-state index >= 15 is 0 Å². The highest BCUT2D eigenvalue weighted by molar-refractivity contribution is 6.28. The number of hydrogen-bond donors (Lipinski definition) is 0. The molecule has 11 aromatic rings. The van der Waals surface area contributed by atoms with Gasteiger partial charge in [-0.2, -0.15) is 0 Å². The lowest BCUT2D eigenvalue weighted by atomic mass is 9.68. The number of rotatable bonds is 6. The second-order valence-corrected chi connectivity index (χ2v) is 16.7. The van der Waals surface area contributed by atoms with Gasteiger partial charge in [0.05, 0.1) is 11.1 Å². The Bertz CT molecular complexity index is 3480. The van der Waals surface area contributed by atoms with E-state index in [9.17, 15) is 0 Å². The number of benzene rings is 11. The monoisotopic (exact) mass is 800 g/mol. The van der Waals surface area contributed by atoms with E-state index < -0.39 is 5.41 Å². The minimum absolute atomic E-state index is 0.613. The standard InChI is InChI=1S/C61H40N2/c1-5-21-41(22-6-1)62(42-23-7-2-8-24-42)45-37-38-48-47-30-17-19-35-54(47)61(56(48)39-45)55-36-20-18-34-52(55)58-50-32-15-13-29-46(50)53-40-57(49-31-14-16-33-51(49)59(53)60(58)61)63(43-25-9-3-10-26-43)44-27-11-4-12-28-44/h1-40H. The highest BCUT2D eigenvalue weighted by Gasteiger charge is 2.53. The van der Waals surface area contributed by atoms with Crippen LogP contribution in [0.1, 0.15) is 22.3 Å². The first kappa shape index (κ1) is 35.5. The summed E-state index contributed by atoms with van der Waals surface area (Å²) in [6.45, 7) is 0. The van der Waals surface area contributed by atoms with Gasteiger partial charge in [0, 0.05) is 33.8 Å². The van der Waals surface area contributed by atoms with Crippen LogP contribution < -0.4 is 9.80 Å². The van der Waals surface area contributed by atoms with Crippen LogP contribution in [0.2, 0.25) is 0 Å². The molecular formula is C61H40N2. The Balaban J connectivity index is 1.20. The minimum Gasteiger partial charge on any atom is -0.310 e. The number of para-hydroxylation sites is 4. The Kier molecular flexibility index (Phi) is 7.85. The van der Waals surface area contributed by atoms with Crippen molar-refractivity contribution in [2.24, 2.45) is 0 Å². The Morgan fingerprint density at radius 3 is 1.32 bits per heavy atom. The molecular weight excluding hydrogens is 761 g/mol. The van der Waals surface area contributed by atoms with Gasteiger partial charge in [0.15, 0.2) is 0 Å². The molecule has 13 rings (SSSR count). The molecule has 0 radical (unpaired) electrons. The van der Waals surface area contributed by atoms with Crippen molar-refractivity contribution in [2.75, 3.05) is 9.80 Å². The largest absolute Gasteiger partial charge is 0.310 e. The van der Waals surface area contributed by atoms with Crippen LogP contribution in [0.3, 0.4) is 0 Å². The molecule has 0 N–H and O–H groups in total. The SMILES string of the molecule is c1ccc(N(c2ccccc2)c2ccc3c(c2)C2(c4ccccc4-3)c3ccccc3-c3c2c2c4ccccc4c(N(c4ccccc4)c4ccccc4)cc2c2ccccc32)cc1. The highest BCUT2D eigenvalue weighted by atomic mass is 15.1. The molecule has 63 heavy (non-hydrogen) atoms. The maximum Gasteiger partial charge on any atom is 0.0732 e. The van der Waals surface area contributed by atoms with Gasteiger partial charge in [-0.05, 0) is 138 Å². The summed E-state index contributed by atoms with van der Waals surface area (Å²) in [7, 11) is 0. The van der Waals surface area contributed by atoms with E-state index in [1.807, 2.05) is 0 Å². The predicted molar refractivity (Wildman–Crippen MR) is 265 cm³/mol. The second-order valence-electron chi connectivity index (χ2n) is 16.7. The molecule has 11 aromatic carbocycles. The van der Waals surface area contributed by atoms with Crippen molar-refractivity contribution >= 4 is 66.4 Å². The molecule has 2 aliphatic rings. The predicted octanol–water partition coefficient (Wildman–Crippen LogP) is 16.4. The van der Waals surface area contributed by atoms with Gasteiger partial charge in [-0.1, -0.05) is 176 Å². The lowest BCUT2D eigenvalue weighted by molar-refractivity contribution is 0.802. The lowest BCUT2D eigenvalue weighted by Crippen LogP contribution is -2.26. The van der Waals surface area contributed by atoms with Crippen molar-refractivity contribution in [3.63, 3.8) is 0 Å². The fourth-order valence-corrected chi connectivity index (χ4v) is 11.2. The maximum absolute atomic E-state index is 2.51. The Labute approximate surface area is 367 Å². The van der Waals surface area contributed by atoms with Crippen molar-refractivity contribution in [3.05, 3.63) is 265 Å². The van der Waals surface area contributed by atoms with Crippen molar-refractivity contribution in [2.45, 2.75) is 5.41 Å². The Hall–Kier alpha value is -8.20. The molecule has 0 saturated carbocycles. The molecule has 2 heteroatoms. The van der Waals surface area contributed by atoms with E-state index in [-0.39, 0.29) is 0 Å². The molecule has 0 bridgehead atoms. The second kappa shape index (κ2) is 13.9. The molecule has 0 fully saturated rings. The van der Waals surface area contributed by atoms with E-state index in [1.165, 1.54) is 76.8 Å². The first-order valence-electron chi connectivity index (χ1n) is 21.9. The van der Waals surface area contributed by atoms with Gasteiger partial charge < -0.3 is 9.80 Å². The zero-order valence-electron chi connectivity index (χ0n) is 34.5. The average molecular weight is 801 g/mol. The normalized spacial score (nSPS) is 14.4. The molecule has 2 aliphatic carbocycles. The van der Waals surface area contributed by atoms with Crippen LogP contribution in [-0.4, -0.2) is 0 Å². The average Bonchev–Trinajstić information content (AvgIpc) is 3.83. The number of hydrogen-bond acceptors (Lipinski definition) is 2. The molecule has 0 aromatic heterocycles. The van der Waals surface area contributed by atoms with Crippen LogP contribution in [0.25, 0.3) is 54.6 Å². The van der Waals surface area contributed by atoms with E-state index in [0.717, 1.165) is 34.1 Å². The molecule has 0 heterocycles. The van der Waals surface area contributed by atoms with Gasteiger partial charge >= 0.3 is 0 Å². The van der Waals surface area contributed by atoms with Gasteiger partial charge in [-0.15, -0.1) is 0 Å². The van der Waals surface area contributed by atoms with Gasteiger partial charge in [0.25, 0.3) is 0 Å². The Morgan fingerprint density at radius 2 is 0.714 bits per heavy atom. The molecule has 294 valence electrons. The summed E-state index contributed by atoms with van der Waals surface area (Å²) in [6, 6.07) is 89.5. The summed E-state index contributed by atoms with van der Waals surface area (Å²) < 4.78 is 0. The third-order valence-corrected chi connectivity index (χ3v) is 13.6. The molecule has 1 atom stereocenters. The first-order valence-corrected chi connectivity index (χ1v) is 21.9. The molecule has 1 spiro atoms. The van der Waals surface area contributed by atoms with E-state index in [2.05, 4.69) is 252 Å². The minimum atomic E-state index is -0.613. The van der Waals surface area contributed by atoms with Crippen LogP contribution in [0.15, 0.2) is 243 Å². The number of fused-ring (bicyclic) bond motifs is 17. The molecule has 0 aliphatic heterocycles. The summed E-state index contributed by atoms with van der Waals surface area (Å²) in [6.07, 6.45) is 0. The topological polar surface area (TPSA) is 6.48 Å². The number of anilines is 6. The summed E-state index contributed by atoms with van der Waals surface area (Å²) in [5.74, 6) is 0. The fraction of sp³-hybridized carbons (Fsp3) is 0.0164. The summed E-state index contributed by atoms with van der Waals surface area (Å²) in [5.41, 5.74) is 16.7. The quantitative estimate of drug-likeness (QED) is 0.155. The lowest BCUT2D eigenvalue weighted by Gasteiger charge is -2.34. The van der Waals surface area contributed by atoms with E-state index in [4.69, 9.17) is 0 Å². The molecule has 2 nitrogen and oxygen atoms in total. The van der Waals surface area contributed by atoms with E-state index in [0.29, 0.717) is 0 Å². The Morgan fingerprint density at radius 1 is 0.270 bits per heavy atom. The van der Waals surface area contributed by atoms with Crippen molar-refractivity contribution in [1.82, 2.24) is 0 Å². The third kappa shape index (κ3) is 5.07. The van der Waals surface area contributed by atoms with Gasteiger partial charge in [0.2, 0.25) is 0 Å². The van der Waals surface area contributed by atoms with Gasteiger partial charge in [0.1, 0.15) is 0 Å². The maximum atomic E-state index is 2.51. The van der Waals surface area contributed by atoms with Crippen LogP contribution >= 0.6 is 0 Å². The van der Waals surface area contributed by atoms with Crippen LogP contribution in [0.5, 0.6) is 0 Å². The summed E-state index contributed by atoms with van der Waals surface area (Å²) >= 11 is 0. The summed E-state index contributed by atoms with van der Waals surface area (Å²) in [5, 5.41) is 7.53. The van der Waals surface area contributed by atoms with Crippen molar-refractivity contribution < 1.29 is 0 Å².